The highest BCUT2D eigenvalue weighted by Crippen LogP contribution is 2.38. The minimum absolute atomic E-state index is 0.536. The maximum absolute atomic E-state index is 12.0. The van der Waals surface area contributed by atoms with Crippen LogP contribution in [-0.2, 0) is 4.74 Å². The molecule has 7 nitrogen and oxygen atoms in total. The van der Waals surface area contributed by atoms with Crippen molar-refractivity contribution in [2.24, 2.45) is 4.99 Å². The number of aromatic nitrogens is 3. The molecule has 1 N–H and O–H groups in total. The zero-order chi connectivity index (χ0) is 20.0. The Morgan fingerprint density at radius 2 is 1.93 bits per heavy atom. The number of benzene rings is 1. The van der Waals surface area contributed by atoms with Gasteiger partial charge < -0.3 is 4.74 Å². The second-order valence-corrected chi connectivity index (χ2v) is 8.07. The van der Waals surface area contributed by atoms with Crippen LogP contribution in [0.15, 0.2) is 29.3 Å². The largest absolute Gasteiger partial charge is 0.453 e. The van der Waals surface area contributed by atoms with Crippen molar-refractivity contribution in [3.8, 4) is 5.00 Å². The van der Waals surface area contributed by atoms with Gasteiger partial charge in [0, 0.05) is 21.0 Å². The van der Waals surface area contributed by atoms with Crippen molar-refractivity contribution in [1.29, 1.82) is 0 Å². The van der Waals surface area contributed by atoms with Gasteiger partial charge in [-0.3, -0.25) is 14.9 Å². The summed E-state index contributed by atoms with van der Waals surface area (Å²) in [6.07, 6.45) is -1.33. The SMILES string of the molecule is COC(=O)NC1N=C(c2ccc(Cl)cc2)c2c(sc(C)c2C)-n2c(C)nnc21. The van der Waals surface area contributed by atoms with E-state index in [0.29, 0.717) is 10.8 Å². The highest BCUT2D eigenvalue weighted by Gasteiger charge is 2.32. The zero-order valence-electron chi connectivity index (χ0n) is 15.8. The number of carbonyl (C=O) groups excluding carboxylic acids is 1. The molecule has 3 aromatic rings. The van der Waals surface area contributed by atoms with Crippen LogP contribution in [0.3, 0.4) is 0 Å². The Kier molecular flexibility index (Phi) is 4.68. The fourth-order valence-electron chi connectivity index (χ4n) is 3.20. The molecule has 0 saturated carbocycles. The predicted molar refractivity (Wildman–Crippen MR) is 109 cm³/mol. The van der Waals surface area contributed by atoms with Crippen LogP contribution < -0.4 is 5.32 Å². The molecule has 0 fully saturated rings. The van der Waals surface area contributed by atoms with Crippen molar-refractivity contribution < 1.29 is 9.53 Å². The van der Waals surface area contributed by atoms with Gasteiger partial charge in [0.2, 0.25) is 0 Å². The Balaban J connectivity index is 2.01. The third-order valence-corrected chi connectivity index (χ3v) is 6.16. The summed E-state index contributed by atoms with van der Waals surface area (Å²) in [6.45, 7) is 6.04. The van der Waals surface area contributed by atoms with E-state index in [1.165, 1.54) is 12.0 Å². The molecule has 1 amide bonds. The quantitative estimate of drug-likeness (QED) is 0.682. The summed E-state index contributed by atoms with van der Waals surface area (Å²) in [6, 6.07) is 7.50. The maximum Gasteiger partial charge on any atom is 0.408 e. The van der Waals surface area contributed by atoms with Gasteiger partial charge in [-0.05, 0) is 38.5 Å². The van der Waals surface area contributed by atoms with E-state index in [0.717, 1.165) is 33.2 Å². The van der Waals surface area contributed by atoms with Crippen molar-refractivity contribution in [2.45, 2.75) is 26.9 Å². The van der Waals surface area contributed by atoms with Crippen molar-refractivity contribution in [3.05, 3.63) is 62.5 Å². The number of carbonyl (C=O) groups is 1. The first-order chi connectivity index (χ1) is 13.4. The topological polar surface area (TPSA) is 81.4 Å². The molecular formula is C19H18ClN5O2S. The summed E-state index contributed by atoms with van der Waals surface area (Å²) < 4.78 is 6.73. The number of thiophene rings is 1. The molecule has 1 unspecified atom stereocenters. The number of methoxy groups -OCH3 is 1. The van der Waals surface area contributed by atoms with Gasteiger partial charge in [-0.1, -0.05) is 23.7 Å². The summed E-state index contributed by atoms with van der Waals surface area (Å²) in [4.78, 5) is 18.0. The molecule has 4 rings (SSSR count). The van der Waals surface area contributed by atoms with E-state index in [2.05, 4.69) is 29.4 Å². The smallest absolute Gasteiger partial charge is 0.408 e. The molecule has 1 aliphatic heterocycles. The van der Waals surface area contributed by atoms with Gasteiger partial charge >= 0.3 is 6.09 Å². The average molecular weight is 416 g/mol. The zero-order valence-corrected chi connectivity index (χ0v) is 17.4. The highest BCUT2D eigenvalue weighted by molar-refractivity contribution is 7.15. The minimum Gasteiger partial charge on any atom is -0.453 e. The third-order valence-electron chi connectivity index (χ3n) is 4.72. The highest BCUT2D eigenvalue weighted by atomic mass is 35.5. The molecule has 28 heavy (non-hydrogen) atoms. The van der Waals surface area contributed by atoms with Crippen LogP contribution in [0.1, 0.15) is 39.4 Å². The van der Waals surface area contributed by atoms with Crippen molar-refractivity contribution in [2.75, 3.05) is 7.11 Å². The fraction of sp³-hybridized carbons (Fsp3) is 0.263. The van der Waals surface area contributed by atoms with Gasteiger partial charge in [0.15, 0.2) is 12.0 Å². The number of hydrogen-bond donors (Lipinski definition) is 1. The predicted octanol–water partition coefficient (Wildman–Crippen LogP) is 4.11. The lowest BCUT2D eigenvalue weighted by Crippen LogP contribution is -2.29. The van der Waals surface area contributed by atoms with Crippen LogP contribution in [0, 0.1) is 20.8 Å². The Labute approximate surface area is 171 Å². The molecule has 2 aromatic heterocycles. The summed E-state index contributed by atoms with van der Waals surface area (Å²) in [7, 11) is 1.32. The number of nitrogens with one attached hydrogen (secondary N) is 1. The number of aryl methyl sites for hydroxylation is 2. The molecule has 1 aromatic carbocycles. The molecule has 144 valence electrons. The molecule has 0 saturated heterocycles. The lowest BCUT2D eigenvalue weighted by Gasteiger charge is -2.13. The van der Waals surface area contributed by atoms with Crippen molar-refractivity contribution in [3.63, 3.8) is 0 Å². The number of rotatable bonds is 2. The number of nitrogens with zero attached hydrogens (tertiary/aromatic N) is 4. The van der Waals surface area contributed by atoms with Crippen LogP contribution in [0.25, 0.3) is 5.00 Å². The van der Waals surface area contributed by atoms with Crippen molar-refractivity contribution >= 4 is 34.7 Å². The van der Waals surface area contributed by atoms with Crippen molar-refractivity contribution in [1.82, 2.24) is 20.1 Å². The molecule has 0 aliphatic carbocycles. The fourth-order valence-corrected chi connectivity index (χ4v) is 4.54. The van der Waals surface area contributed by atoms with Gasteiger partial charge in [-0.25, -0.2) is 4.79 Å². The van der Waals surface area contributed by atoms with Gasteiger partial charge in [0.05, 0.1) is 12.8 Å². The molecule has 1 aliphatic rings. The second kappa shape index (κ2) is 7.03. The summed E-state index contributed by atoms with van der Waals surface area (Å²) >= 11 is 7.73. The molecule has 1 atom stereocenters. The normalized spacial score (nSPS) is 15.3. The number of alkyl carbamates (subject to hydrolysis) is 1. The van der Waals surface area contributed by atoms with E-state index in [4.69, 9.17) is 21.3 Å². The van der Waals surface area contributed by atoms with Crippen LogP contribution in [0.5, 0.6) is 0 Å². The Hall–Kier alpha value is -2.71. The van der Waals surface area contributed by atoms with Gasteiger partial charge in [0.1, 0.15) is 10.8 Å². The summed E-state index contributed by atoms with van der Waals surface area (Å²) in [5.74, 6) is 1.26. The van der Waals surface area contributed by atoms with E-state index in [1.807, 2.05) is 35.8 Å². The molecule has 9 heteroatoms. The second-order valence-electron chi connectivity index (χ2n) is 6.43. The number of hydrogen-bond acceptors (Lipinski definition) is 6. The Morgan fingerprint density at radius 3 is 2.61 bits per heavy atom. The maximum atomic E-state index is 12.0. The molecule has 0 radical (unpaired) electrons. The lowest BCUT2D eigenvalue weighted by molar-refractivity contribution is 0.166. The first kappa shape index (κ1) is 18.6. The van der Waals surface area contributed by atoms with Crippen LogP contribution >= 0.6 is 22.9 Å². The Bertz CT molecular complexity index is 1100. The van der Waals surface area contributed by atoms with Gasteiger partial charge in [-0.2, -0.15) is 0 Å². The third kappa shape index (κ3) is 2.98. The number of amides is 1. The number of fused-ring (bicyclic) bond motifs is 3. The van der Waals surface area contributed by atoms with Gasteiger partial charge in [0.25, 0.3) is 0 Å². The number of ether oxygens (including phenoxy) is 1. The molecule has 0 bridgehead atoms. The number of halogens is 1. The van der Waals surface area contributed by atoms with Crippen LogP contribution in [0.4, 0.5) is 4.79 Å². The van der Waals surface area contributed by atoms with E-state index in [1.54, 1.807) is 11.3 Å². The number of aliphatic imine (C=N–C) groups is 1. The average Bonchev–Trinajstić information content (AvgIpc) is 3.15. The van der Waals surface area contributed by atoms with Gasteiger partial charge in [-0.15, -0.1) is 21.5 Å². The van der Waals surface area contributed by atoms with Crippen LogP contribution in [-0.4, -0.2) is 33.7 Å². The monoisotopic (exact) mass is 415 g/mol. The van der Waals surface area contributed by atoms with E-state index < -0.39 is 12.3 Å². The molecule has 3 heterocycles. The lowest BCUT2D eigenvalue weighted by atomic mass is 10.00. The standard InChI is InChI=1S/C19H18ClN5O2S/c1-9-10(2)28-18-14(9)15(12-5-7-13(20)8-6-12)21-16(22-19(26)27-4)17-24-23-11(3)25(17)18/h5-8,16H,1-4H3,(H,22,26). The Morgan fingerprint density at radius 1 is 1.21 bits per heavy atom. The summed E-state index contributed by atoms with van der Waals surface area (Å²) in [5.41, 5.74) is 3.80. The van der Waals surface area contributed by atoms with E-state index in [9.17, 15) is 4.79 Å². The summed E-state index contributed by atoms with van der Waals surface area (Å²) in [5, 5.41) is 12.9. The first-order valence-electron chi connectivity index (χ1n) is 8.61. The first-order valence-corrected chi connectivity index (χ1v) is 9.81. The molecule has 0 spiro atoms. The van der Waals surface area contributed by atoms with E-state index >= 15 is 0 Å². The minimum atomic E-state index is -0.737. The van der Waals surface area contributed by atoms with Crippen LogP contribution in [0.2, 0.25) is 5.02 Å². The van der Waals surface area contributed by atoms with E-state index in [-0.39, 0.29) is 0 Å². The molecular weight excluding hydrogens is 398 g/mol.